The van der Waals surface area contributed by atoms with Gasteiger partial charge < -0.3 is 10.2 Å². The second-order valence-electron chi connectivity index (χ2n) is 7.01. The van der Waals surface area contributed by atoms with Crippen LogP contribution in [0, 0.1) is 13.8 Å². The van der Waals surface area contributed by atoms with Crippen molar-refractivity contribution < 1.29 is 4.79 Å². The predicted molar refractivity (Wildman–Crippen MR) is 108 cm³/mol. The molecule has 2 amide bonds. The number of hydrogen-bond acceptors (Lipinski definition) is 2. The lowest BCUT2D eigenvalue weighted by Crippen LogP contribution is -2.50. The van der Waals surface area contributed by atoms with Crippen LogP contribution in [0.3, 0.4) is 0 Å². The number of rotatable bonds is 4. The van der Waals surface area contributed by atoms with Gasteiger partial charge in [0.25, 0.3) is 0 Å². The number of nitrogens with zero attached hydrogens (tertiary/aromatic N) is 2. The molecule has 0 aliphatic carbocycles. The zero-order chi connectivity index (χ0) is 18.5. The Morgan fingerprint density at radius 2 is 1.62 bits per heavy atom. The van der Waals surface area contributed by atoms with Gasteiger partial charge in [0.15, 0.2) is 0 Å². The van der Waals surface area contributed by atoms with Crippen LogP contribution in [0.5, 0.6) is 0 Å². The zero-order valence-corrected chi connectivity index (χ0v) is 16.2. The summed E-state index contributed by atoms with van der Waals surface area (Å²) >= 11 is 5.93. The third-order valence-electron chi connectivity index (χ3n) is 4.76. The summed E-state index contributed by atoms with van der Waals surface area (Å²) in [6, 6.07) is 14.1. The largest absolute Gasteiger partial charge is 0.322 e. The Balaban J connectivity index is 1.45. The number of halogens is 1. The number of benzene rings is 2. The third-order valence-corrected chi connectivity index (χ3v) is 5.01. The van der Waals surface area contributed by atoms with Crippen molar-refractivity contribution in [2.24, 2.45) is 0 Å². The first kappa shape index (κ1) is 18.7. The minimum Gasteiger partial charge on any atom is -0.322 e. The number of amides is 2. The Bertz CT molecular complexity index is 732. The Morgan fingerprint density at radius 3 is 2.23 bits per heavy atom. The van der Waals surface area contributed by atoms with Crippen molar-refractivity contribution in [3.8, 4) is 0 Å². The normalized spacial score (nSPS) is 15.1. The van der Waals surface area contributed by atoms with Gasteiger partial charge in [-0.25, -0.2) is 4.79 Å². The molecule has 2 aromatic carbocycles. The second kappa shape index (κ2) is 8.56. The molecule has 5 heteroatoms. The maximum absolute atomic E-state index is 12.5. The highest BCUT2D eigenvalue weighted by Gasteiger charge is 2.21. The number of nitrogens with one attached hydrogen (secondary N) is 1. The number of anilines is 1. The molecule has 0 unspecified atom stereocenters. The monoisotopic (exact) mass is 371 g/mol. The summed E-state index contributed by atoms with van der Waals surface area (Å²) in [4.78, 5) is 16.8. The fraction of sp³-hybridized carbons (Fsp3) is 0.381. The first-order valence-corrected chi connectivity index (χ1v) is 9.48. The van der Waals surface area contributed by atoms with Crippen molar-refractivity contribution in [1.29, 1.82) is 0 Å². The minimum absolute atomic E-state index is 0.00708. The molecule has 0 aromatic heterocycles. The van der Waals surface area contributed by atoms with E-state index in [0.29, 0.717) is 0 Å². The molecular formula is C21H26ClN3O. The summed E-state index contributed by atoms with van der Waals surface area (Å²) in [5.41, 5.74) is 4.49. The van der Waals surface area contributed by atoms with Gasteiger partial charge in [-0.3, -0.25) is 4.90 Å². The van der Waals surface area contributed by atoms with E-state index in [1.165, 1.54) is 5.56 Å². The van der Waals surface area contributed by atoms with E-state index in [-0.39, 0.29) is 6.03 Å². The van der Waals surface area contributed by atoms with Crippen molar-refractivity contribution in [3.05, 3.63) is 64.2 Å². The average Bonchev–Trinajstić information content (AvgIpc) is 2.61. The lowest BCUT2D eigenvalue weighted by atomic mass is 10.1. The summed E-state index contributed by atoms with van der Waals surface area (Å²) in [5, 5.41) is 3.80. The van der Waals surface area contributed by atoms with Crippen molar-refractivity contribution in [1.82, 2.24) is 9.80 Å². The fourth-order valence-corrected chi connectivity index (χ4v) is 3.49. The molecule has 4 nitrogen and oxygen atoms in total. The first-order valence-electron chi connectivity index (χ1n) is 9.10. The molecule has 1 fully saturated rings. The van der Waals surface area contributed by atoms with E-state index < -0.39 is 0 Å². The van der Waals surface area contributed by atoms with Gasteiger partial charge >= 0.3 is 6.03 Å². The zero-order valence-electron chi connectivity index (χ0n) is 15.5. The summed E-state index contributed by atoms with van der Waals surface area (Å²) in [7, 11) is 0. The Labute approximate surface area is 160 Å². The molecule has 3 rings (SSSR count). The Hall–Kier alpha value is -2.04. The van der Waals surface area contributed by atoms with Crippen LogP contribution >= 0.6 is 11.6 Å². The Kier molecular flexibility index (Phi) is 6.17. The summed E-state index contributed by atoms with van der Waals surface area (Å²) in [5.74, 6) is 0. The van der Waals surface area contributed by atoms with Crippen molar-refractivity contribution in [2.75, 3.05) is 38.0 Å². The van der Waals surface area contributed by atoms with Gasteiger partial charge in [0.05, 0.1) is 0 Å². The van der Waals surface area contributed by atoms with Gasteiger partial charge in [-0.1, -0.05) is 29.8 Å². The lowest BCUT2D eigenvalue weighted by molar-refractivity contribution is 0.148. The van der Waals surface area contributed by atoms with E-state index in [1.54, 1.807) is 0 Å². The van der Waals surface area contributed by atoms with Crippen LogP contribution in [0.2, 0.25) is 5.02 Å². The van der Waals surface area contributed by atoms with E-state index >= 15 is 0 Å². The lowest BCUT2D eigenvalue weighted by Gasteiger charge is -2.34. The van der Waals surface area contributed by atoms with Crippen LogP contribution < -0.4 is 5.32 Å². The standard InChI is InChI=1S/C21H26ClN3O/c1-16-13-17(2)15-20(14-16)23-21(26)25-11-9-24(10-12-25)8-7-18-3-5-19(22)6-4-18/h3-6,13-15H,7-12H2,1-2H3,(H,23,26). The molecule has 1 saturated heterocycles. The van der Waals surface area contributed by atoms with Gasteiger partial charge in [0.1, 0.15) is 0 Å². The molecule has 0 saturated carbocycles. The number of urea groups is 1. The molecule has 0 spiro atoms. The van der Waals surface area contributed by atoms with Crippen LogP contribution in [-0.2, 0) is 6.42 Å². The number of carbonyl (C=O) groups is 1. The molecule has 26 heavy (non-hydrogen) atoms. The number of aryl methyl sites for hydroxylation is 2. The molecule has 0 bridgehead atoms. The molecule has 1 aliphatic heterocycles. The third kappa shape index (κ3) is 5.23. The van der Waals surface area contributed by atoms with E-state index in [1.807, 2.05) is 43.0 Å². The molecular weight excluding hydrogens is 346 g/mol. The average molecular weight is 372 g/mol. The molecule has 0 radical (unpaired) electrons. The SMILES string of the molecule is Cc1cc(C)cc(NC(=O)N2CCN(CCc3ccc(Cl)cc3)CC2)c1. The van der Waals surface area contributed by atoms with E-state index in [4.69, 9.17) is 11.6 Å². The van der Waals surface area contributed by atoms with Crippen LogP contribution in [0.4, 0.5) is 10.5 Å². The molecule has 0 atom stereocenters. The van der Waals surface area contributed by atoms with Crippen LogP contribution in [-0.4, -0.2) is 48.6 Å². The van der Waals surface area contributed by atoms with Crippen LogP contribution in [0.1, 0.15) is 16.7 Å². The molecule has 1 heterocycles. The highest BCUT2D eigenvalue weighted by molar-refractivity contribution is 6.30. The van der Waals surface area contributed by atoms with E-state index in [2.05, 4.69) is 28.4 Å². The second-order valence-corrected chi connectivity index (χ2v) is 7.45. The summed E-state index contributed by atoms with van der Waals surface area (Å²) in [6.07, 6.45) is 1.01. The Morgan fingerprint density at radius 1 is 1.00 bits per heavy atom. The minimum atomic E-state index is -0.00708. The van der Waals surface area contributed by atoms with E-state index in [9.17, 15) is 4.79 Å². The van der Waals surface area contributed by atoms with Gasteiger partial charge in [-0.2, -0.15) is 0 Å². The molecule has 2 aromatic rings. The van der Waals surface area contributed by atoms with E-state index in [0.717, 1.165) is 61.0 Å². The topological polar surface area (TPSA) is 35.6 Å². The number of carbonyl (C=O) groups excluding carboxylic acids is 1. The van der Waals surface area contributed by atoms with Crippen molar-refractivity contribution in [3.63, 3.8) is 0 Å². The molecule has 1 N–H and O–H groups in total. The highest BCUT2D eigenvalue weighted by atomic mass is 35.5. The predicted octanol–water partition coefficient (Wildman–Crippen LogP) is 4.35. The van der Waals surface area contributed by atoms with Crippen LogP contribution in [0.15, 0.2) is 42.5 Å². The maximum Gasteiger partial charge on any atom is 0.321 e. The van der Waals surface area contributed by atoms with Crippen molar-refractivity contribution >= 4 is 23.3 Å². The maximum atomic E-state index is 12.5. The summed E-state index contributed by atoms with van der Waals surface area (Å²) < 4.78 is 0. The number of hydrogen-bond donors (Lipinski definition) is 1. The van der Waals surface area contributed by atoms with Gasteiger partial charge in [-0.05, 0) is 61.2 Å². The van der Waals surface area contributed by atoms with Gasteiger partial charge in [0.2, 0.25) is 0 Å². The fourth-order valence-electron chi connectivity index (χ4n) is 3.36. The van der Waals surface area contributed by atoms with Crippen LogP contribution in [0.25, 0.3) is 0 Å². The van der Waals surface area contributed by atoms with Crippen molar-refractivity contribution in [2.45, 2.75) is 20.3 Å². The first-order chi connectivity index (χ1) is 12.5. The smallest absolute Gasteiger partial charge is 0.321 e. The quantitative estimate of drug-likeness (QED) is 0.867. The van der Waals surface area contributed by atoms with Gasteiger partial charge in [0, 0.05) is 43.4 Å². The molecule has 1 aliphatic rings. The number of piperazine rings is 1. The molecule has 138 valence electrons. The van der Waals surface area contributed by atoms with Gasteiger partial charge in [-0.15, -0.1) is 0 Å². The highest BCUT2D eigenvalue weighted by Crippen LogP contribution is 2.15. The summed E-state index contributed by atoms with van der Waals surface area (Å²) in [6.45, 7) is 8.44.